The molecule has 0 unspecified atom stereocenters. The average molecular weight is 366 g/mol. The molecule has 0 aromatic heterocycles. The molecule has 0 radical (unpaired) electrons. The second kappa shape index (κ2) is 8.68. The van der Waals surface area contributed by atoms with Crippen LogP contribution in [0.5, 0.6) is 0 Å². The van der Waals surface area contributed by atoms with Crippen LogP contribution in [0.15, 0.2) is 48.5 Å². The number of nitrogens with one attached hydrogen (secondary N) is 2. The fourth-order valence-corrected chi connectivity index (χ4v) is 3.56. The normalized spacial score (nSPS) is 17.3. The minimum atomic E-state index is -0.630. The van der Waals surface area contributed by atoms with Gasteiger partial charge < -0.3 is 16.4 Å². The highest BCUT2D eigenvalue weighted by Crippen LogP contribution is 2.22. The van der Waals surface area contributed by atoms with E-state index in [9.17, 15) is 9.59 Å². The lowest BCUT2D eigenvalue weighted by Gasteiger charge is -2.34. The van der Waals surface area contributed by atoms with Crippen molar-refractivity contribution in [3.8, 4) is 0 Å². The van der Waals surface area contributed by atoms with Crippen molar-refractivity contribution >= 4 is 23.3 Å². The number of hydrogen-bond donors (Lipinski definition) is 3. The van der Waals surface area contributed by atoms with Gasteiger partial charge in [0.05, 0.1) is 6.04 Å². The number of urea groups is 1. The van der Waals surface area contributed by atoms with E-state index in [0.29, 0.717) is 11.4 Å². The van der Waals surface area contributed by atoms with Crippen molar-refractivity contribution in [3.05, 3.63) is 59.7 Å². The number of carbonyl (C=O) groups excluding carboxylic acids is 2. The first-order valence-corrected chi connectivity index (χ1v) is 9.28. The molecular weight excluding hydrogens is 340 g/mol. The van der Waals surface area contributed by atoms with Crippen LogP contribution in [0.2, 0.25) is 0 Å². The summed E-state index contributed by atoms with van der Waals surface area (Å²) in [5.74, 6) is -0.0152. The molecule has 4 N–H and O–H groups in total. The summed E-state index contributed by atoms with van der Waals surface area (Å²) in [6.07, 6.45) is 3.00. The van der Waals surface area contributed by atoms with Crippen molar-refractivity contribution in [1.29, 1.82) is 0 Å². The Hall–Kier alpha value is -2.86. The minimum Gasteiger partial charge on any atom is -0.351 e. The molecule has 0 spiro atoms. The zero-order valence-corrected chi connectivity index (χ0v) is 15.6. The van der Waals surface area contributed by atoms with Crippen LogP contribution in [0.4, 0.5) is 16.2 Å². The number of primary amides is 1. The van der Waals surface area contributed by atoms with Gasteiger partial charge in [-0.05, 0) is 50.1 Å². The van der Waals surface area contributed by atoms with Crippen molar-refractivity contribution in [2.24, 2.45) is 5.73 Å². The maximum Gasteiger partial charge on any atom is 0.316 e. The fourth-order valence-electron chi connectivity index (χ4n) is 3.56. The van der Waals surface area contributed by atoms with Crippen molar-refractivity contribution in [2.45, 2.75) is 38.8 Å². The van der Waals surface area contributed by atoms with Crippen molar-refractivity contribution in [1.82, 2.24) is 4.90 Å². The summed E-state index contributed by atoms with van der Waals surface area (Å²) >= 11 is 0. The van der Waals surface area contributed by atoms with Crippen LogP contribution in [0.1, 0.15) is 30.4 Å². The van der Waals surface area contributed by atoms with E-state index in [-0.39, 0.29) is 11.9 Å². The molecule has 142 valence electrons. The third-order valence-corrected chi connectivity index (χ3v) is 4.78. The number of aryl methyl sites for hydroxylation is 1. The maximum atomic E-state index is 12.9. The van der Waals surface area contributed by atoms with E-state index in [1.165, 1.54) is 11.1 Å². The molecule has 6 heteroatoms. The van der Waals surface area contributed by atoms with Crippen LogP contribution < -0.4 is 16.4 Å². The lowest BCUT2D eigenvalue weighted by atomic mass is 10.00. The molecule has 6 nitrogen and oxygen atoms in total. The van der Waals surface area contributed by atoms with E-state index >= 15 is 0 Å². The van der Waals surface area contributed by atoms with Crippen molar-refractivity contribution in [2.75, 3.05) is 17.2 Å². The first-order chi connectivity index (χ1) is 13.0. The van der Waals surface area contributed by atoms with Crippen molar-refractivity contribution < 1.29 is 9.59 Å². The lowest BCUT2D eigenvalue weighted by Crippen LogP contribution is -2.46. The molecule has 27 heavy (non-hydrogen) atoms. The van der Waals surface area contributed by atoms with Crippen LogP contribution in [0.3, 0.4) is 0 Å². The Morgan fingerprint density at radius 3 is 2.56 bits per heavy atom. The predicted octanol–water partition coefficient (Wildman–Crippen LogP) is 3.48. The maximum absolute atomic E-state index is 12.9. The zero-order chi connectivity index (χ0) is 19.2. The predicted molar refractivity (Wildman–Crippen MR) is 108 cm³/mol. The summed E-state index contributed by atoms with van der Waals surface area (Å²) < 4.78 is 0. The van der Waals surface area contributed by atoms with E-state index in [1.54, 1.807) is 24.3 Å². The van der Waals surface area contributed by atoms with E-state index in [1.807, 2.05) is 0 Å². The second-order valence-electron chi connectivity index (χ2n) is 7.03. The Labute approximate surface area is 159 Å². The quantitative estimate of drug-likeness (QED) is 0.757. The van der Waals surface area contributed by atoms with Crippen LogP contribution in [-0.4, -0.2) is 29.4 Å². The average Bonchev–Trinajstić information content (AvgIpc) is 2.62. The summed E-state index contributed by atoms with van der Waals surface area (Å²) in [4.78, 5) is 26.2. The highest BCUT2D eigenvalue weighted by molar-refractivity contribution is 5.96. The lowest BCUT2D eigenvalue weighted by molar-refractivity contribution is -0.122. The largest absolute Gasteiger partial charge is 0.351 e. The molecule has 3 rings (SSSR count). The van der Waals surface area contributed by atoms with Crippen LogP contribution >= 0.6 is 0 Å². The number of carbonyl (C=O) groups is 2. The Balaban J connectivity index is 1.69. The number of likely N-dealkylation sites (tertiary alicyclic amines) is 1. The Morgan fingerprint density at radius 2 is 1.81 bits per heavy atom. The van der Waals surface area contributed by atoms with Gasteiger partial charge in [0.1, 0.15) is 0 Å². The number of piperidine rings is 1. The number of amides is 3. The number of nitrogens with two attached hydrogens (primary N) is 1. The molecule has 1 aliphatic rings. The number of anilines is 2. The topological polar surface area (TPSA) is 87.5 Å². The first kappa shape index (κ1) is 18.9. The van der Waals surface area contributed by atoms with Gasteiger partial charge in [-0.2, -0.15) is 0 Å². The van der Waals surface area contributed by atoms with E-state index < -0.39 is 6.03 Å². The van der Waals surface area contributed by atoms with Crippen LogP contribution in [-0.2, 0) is 11.3 Å². The van der Waals surface area contributed by atoms with Gasteiger partial charge in [0.2, 0.25) is 5.91 Å². The highest BCUT2D eigenvalue weighted by atomic mass is 16.2. The Bertz CT molecular complexity index is 821. The summed E-state index contributed by atoms with van der Waals surface area (Å²) in [6.45, 7) is 3.76. The molecule has 3 amide bonds. The molecule has 1 aliphatic heterocycles. The first-order valence-electron chi connectivity index (χ1n) is 9.28. The van der Waals surface area contributed by atoms with Crippen LogP contribution in [0.25, 0.3) is 0 Å². The van der Waals surface area contributed by atoms with E-state index in [4.69, 9.17) is 5.73 Å². The molecule has 2 aromatic carbocycles. The third-order valence-electron chi connectivity index (χ3n) is 4.78. The molecule has 2 aromatic rings. The smallest absolute Gasteiger partial charge is 0.316 e. The van der Waals surface area contributed by atoms with Crippen LogP contribution in [0, 0.1) is 6.92 Å². The SMILES string of the molecule is Cc1cccc(CN2CCCC[C@H]2C(=O)Nc2cccc(NC(N)=O)c2)c1. The summed E-state index contributed by atoms with van der Waals surface area (Å²) in [5, 5.41) is 5.50. The molecule has 0 aliphatic carbocycles. The molecule has 1 heterocycles. The molecule has 1 fully saturated rings. The van der Waals surface area contributed by atoms with Crippen molar-refractivity contribution in [3.63, 3.8) is 0 Å². The number of rotatable bonds is 5. The monoisotopic (exact) mass is 366 g/mol. The van der Waals surface area contributed by atoms with Gasteiger partial charge in [-0.1, -0.05) is 42.3 Å². The second-order valence-corrected chi connectivity index (χ2v) is 7.03. The van der Waals surface area contributed by atoms with Gasteiger partial charge in [0, 0.05) is 17.9 Å². The molecule has 0 bridgehead atoms. The van der Waals surface area contributed by atoms with Gasteiger partial charge in [0.15, 0.2) is 0 Å². The molecular formula is C21H26N4O2. The zero-order valence-electron chi connectivity index (χ0n) is 15.6. The van der Waals surface area contributed by atoms with E-state index in [2.05, 4.69) is 46.7 Å². The van der Waals surface area contributed by atoms with Gasteiger partial charge in [-0.3, -0.25) is 9.69 Å². The molecule has 0 saturated carbocycles. The fraction of sp³-hybridized carbons (Fsp3) is 0.333. The minimum absolute atomic E-state index is 0.0152. The van der Waals surface area contributed by atoms with Gasteiger partial charge in [-0.15, -0.1) is 0 Å². The van der Waals surface area contributed by atoms with Gasteiger partial charge in [-0.25, -0.2) is 4.79 Å². The Morgan fingerprint density at radius 1 is 1.07 bits per heavy atom. The number of benzene rings is 2. The van der Waals surface area contributed by atoms with Gasteiger partial charge >= 0.3 is 6.03 Å². The number of nitrogens with zero attached hydrogens (tertiary/aromatic N) is 1. The summed E-state index contributed by atoms with van der Waals surface area (Å²) in [7, 11) is 0. The summed E-state index contributed by atoms with van der Waals surface area (Å²) in [5.41, 5.74) is 8.80. The number of hydrogen-bond acceptors (Lipinski definition) is 3. The Kier molecular flexibility index (Phi) is 6.08. The standard InChI is InChI=1S/C21H26N4O2/c1-15-6-4-7-16(12-15)14-25-11-3-2-10-19(25)20(26)23-17-8-5-9-18(13-17)24-21(22)27/h4-9,12-13,19H,2-3,10-11,14H2,1H3,(H,23,26)(H3,22,24,27)/t19-/m0/s1. The van der Waals surface area contributed by atoms with Gasteiger partial charge in [0.25, 0.3) is 0 Å². The molecule has 1 atom stereocenters. The molecule has 1 saturated heterocycles. The summed E-state index contributed by atoms with van der Waals surface area (Å²) in [6, 6.07) is 14.6. The van der Waals surface area contributed by atoms with E-state index in [0.717, 1.165) is 32.4 Å². The third kappa shape index (κ3) is 5.31. The highest BCUT2D eigenvalue weighted by Gasteiger charge is 2.28.